The van der Waals surface area contributed by atoms with E-state index in [0.717, 1.165) is 26.1 Å². The van der Waals surface area contributed by atoms with Crippen LogP contribution < -0.4 is 15.3 Å². The lowest BCUT2D eigenvalue weighted by atomic mass is 10.00. The largest absolute Gasteiger partial charge is 1.00 e. The quantitative estimate of drug-likeness (QED) is 0.100. The van der Waals surface area contributed by atoms with Crippen molar-refractivity contribution in [2.75, 3.05) is 33.9 Å². The van der Waals surface area contributed by atoms with E-state index in [1.54, 1.807) is 41.5 Å². The van der Waals surface area contributed by atoms with Gasteiger partial charge in [-0.25, -0.2) is 14.4 Å². The predicted molar refractivity (Wildman–Crippen MR) is 195 cm³/mol. The molecule has 4 N–H and O–H groups in total. The van der Waals surface area contributed by atoms with Gasteiger partial charge in [0, 0.05) is 33.1 Å². The molecule has 2 atom stereocenters. The first kappa shape index (κ1) is 60.0. The van der Waals surface area contributed by atoms with Crippen molar-refractivity contribution < 1.29 is 56.5 Å². The zero-order chi connectivity index (χ0) is 39.5. The molecule has 306 valence electrons. The van der Waals surface area contributed by atoms with Crippen LogP contribution in [0.5, 0.6) is 0 Å². The number of carbonyl (C=O) groups excluding carboxylic acids is 3. The van der Waals surface area contributed by atoms with Gasteiger partial charge < -0.3 is 44.8 Å². The Bertz CT molecular complexity index is 920. The minimum Gasteiger partial charge on any atom is -1.00 e. The van der Waals surface area contributed by atoms with E-state index in [4.69, 9.17) is 19.7 Å². The van der Waals surface area contributed by atoms with E-state index < -0.39 is 54.6 Å². The van der Waals surface area contributed by atoms with Crippen molar-refractivity contribution in [3.05, 3.63) is 12.4 Å². The number of carbonyl (C=O) groups is 4. The summed E-state index contributed by atoms with van der Waals surface area (Å²) in [4.78, 5) is 50.2. The highest BCUT2D eigenvalue weighted by atomic mass is 19.4. The molecule has 0 saturated carbocycles. The number of ketones is 1. The maximum Gasteiger partial charge on any atom is 0.762 e. The van der Waals surface area contributed by atoms with Crippen LogP contribution in [0.2, 0.25) is 0 Å². The van der Waals surface area contributed by atoms with Crippen molar-refractivity contribution in [3.63, 3.8) is 0 Å². The number of Topliss-reactive ketones (excluding diaryl/α,β-unsaturated/α-hetero) is 1. The van der Waals surface area contributed by atoms with E-state index in [1.807, 2.05) is 41.5 Å². The Hall–Kier alpha value is -3.08. The minimum absolute atomic E-state index is 0. The molecule has 1 aliphatic heterocycles. The topological polar surface area (TPSA) is 158 Å². The van der Waals surface area contributed by atoms with E-state index in [0.29, 0.717) is 25.4 Å². The average molecular weight is 750 g/mol. The number of carboxylic acids is 1. The number of nitrogens with zero attached hydrogens (tertiary/aromatic N) is 2. The molecule has 0 fully saturated rings. The highest BCUT2D eigenvalue weighted by molar-refractivity contribution is 6.35. The number of hydrogen-bond acceptors (Lipinski definition) is 10. The van der Waals surface area contributed by atoms with E-state index in [2.05, 4.69) is 46.9 Å². The van der Waals surface area contributed by atoms with Gasteiger partial charge in [0.05, 0.1) is 12.7 Å². The second kappa shape index (κ2) is 32.8. The Morgan fingerprint density at radius 1 is 0.824 bits per heavy atom. The fourth-order valence-electron chi connectivity index (χ4n) is 3.36. The molecular weight excluding hydrogens is 679 g/mol. The van der Waals surface area contributed by atoms with Gasteiger partial charge in [0.1, 0.15) is 17.2 Å². The fourth-order valence-corrected chi connectivity index (χ4v) is 3.36. The van der Waals surface area contributed by atoms with Gasteiger partial charge in [0.15, 0.2) is 0 Å². The van der Waals surface area contributed by atoms with Crippen LogP contribution in [-0.4, -0.2) is 109 Å². The van der Waals surface area contributed by atoms with Gasteiger partial charge in [-0.05, 0) is 85.6 Å². The molecule has 51 heavy (non-hydrogen) atoms. The molecule has 0 aromatic rings. The molecule has 0 bridgehead atoms. The molecule has 1 heterocycles. The summed E-state index contributed by atoms with van der Waals surface area (Å²) in [6.45, 7) is 24.3. The SMILES string of the molecule is C.CC(C)C[C@H](NC(=O)OC(C)(C)C)C(=O)O.CCCN[C@@H](CC(C)C)C(=O)C(=O)OC(C)(C)C.CCCO.CN1C=CN(C)C1.FB(F)F.[F-]. The standard InChI is InChI=1S/C14H27NO3.C11H21NO4.C5H10N2.C3H8O.CH4.BF3.FH/c1-7-8-15-11(9-10(2)3)12(16)13(17)18-14(4,5)6;1-7(2)6-8(9(13)14)12-10(15)16-11(3,4)5;1-6-3-4-7(2)5-6;1-2-3-4;;2-1(3)4;/h10-11,15H,7-9H2,1-6H3;7-8H,6H2,1-5H3,(H,12,15)(H,13,14);3-4H,5H2,1-2H3;4H,2-3H2,1H3;1H4;;1H/p-1/t11-;8-;;;;;/m00...../s1. The number of amides is 1. The van der Waals surface area contributed by atoms with Gasteiger partial charge in [-0.2, -0.15) is 0 Å². The zero-order valence-electron chi connectivity index (χ0n) is 32.7. The third kappa shape index (κ3) is 46.9. The van der Waals surface area contributed by atoms with Crippen LogP contribution in [0.1, 0.15) is 116 Å². The van der Waals surface area contributed by atoms with Crippen LogP contribution in [-0.2, 0) is 23.9 Å². The summed E-state index contributed by atoms with van der Waals surface area (Å²) in [5, 5.41) is 22.2. The lowest BCUT2D eigenvalue weighted by molar-refractivity contribution is -0.163. The van der Waals surface area contributed by atoms with Crippen molar-refractivity contribution in [1.82, 2.24) is 20.4 Å². The molecule has 0 spiro atoms. The van der Waals surface area contributed by atoms with Gasteiger partial charge in [-0.3, -0.25) is 17.7 Å². The van der Waals surface area contributed by atoms with Crippen LogP contribution in [0.15, 0.2) is 12.4 Å². The van der Waals surface area contributed by atoms with Crippen LogP contribution in [0.4, 0.5) is 17.7 Å². The first-order chi connectivity index (χ1) is 22.2. The van der Waals surface area contributed by atoms with E-state index in [1.165, 1.54) is 0 Å². The Morgan fingerprint density at radius 2 is 1.20 bits per heavy atom. The molecule has 1 rings (SSSR count). The highest BCUT2D eigenvalue weighted by Crippen LogP contribution is 2.12. The molecular formula is C34H70BF4N4O8-. The Labute approximate surface area is 305 Å². The number of halogens is 4. The van der Waals surface area contributed by atoms with Crippen molar-refractivity contribution in [2.24, 2.45) is 11.8 Å². The van der Waals surface area contributed by atoms with Crippen LogP contribution in [0, 0.1) is 11.8 Å². The van der Waals surface area contributed by atoms with Crippen molar-refractivity contribution in [3.8, 4) is 0 Å². The summed E-state index contributed by atoms with van der Waals surface area (Å²) >= 11 is 0. The summed E-state index contributed by atoms with van der Waals surface area (Å²) < 4.78 is 39.1. The van der Waals surface area contributed by atoms with E-state index in [-0.39, 0.29) is 18.0 Å². The van der Waals surface area contributed by atoms with Gasteiger partial charge in [0.25, 0.3) is 5.78 Å². The summed E-state index contributed by atoms with van der Waals surface area (Å²) in [6.07, 6.45) is 6.25. The lowest BCUT2D eigenvalue weighted by Gasteiger charge is -2.22. The number of rotatable bonds is 12. The van der Waals surface area contributed by atoms with Crippen LogP contribution >= 0.6 is 0 Å². The molecule has 1 amide bonds. The average Bonchev–Trinajstić information content (AvgIpc) is 3.30. The molecule has 12 nitrogen and oxygen atoms in total. The lowest BCUT2D eigenvalue weighted by Crippen LogP contribution is -3.00. The molecule has 0 saturated heterocycles. The number of carboxylic acid groups (broad SMARTS) is 1. The Morgan fingerprint density at radius 3 is 1.45 bits per heavy atom. The van der Waals surface area contributed by atoms with Crippen molar-refractivity contribution >= 4 is 31.4 Å². The van der Waals surface area contributed by atoms with Gasteiger partial charge in [-0.1, -0.05) is 49.0 Å². The Balaban J connectivity index is -0.000000138. The molecule has 0 unspecified atom stereocenters. The maximum atomic E-state index is 12.0. The summed E-state index contributed by atoms with van der Waals surface area (Å²) in [5.74, 6) is -1.70. The predicted octanol–water partition coefficient (Wildman–Crippen LogP) is 3.52. The third-order valence-corrected chi connectivity index (χ3v) is 5.21. The smallest absolute Gasteiger partial charge is 0.762 e. The first-order valence-electron chi connectivity index (χ1n) is 16.6. The van der Waals surface area contributed by atoms with Gasteiger partial charge in [-0.15, -0.1) is 0 Å². The zero-order valence-corrected chi connectivity index (χ0v) is 32.7. The molecule has 0 aromatic heterocycles. The summed E-state index contributed by atoms with van der Waals surface area (Å²) in [6, 6.07) is -1.32. The number of ether oxygens (including phenoxy) is 2. The second-order valence-corrected chi connectivity index (χ2v) is 14.1. The molecule has 0 radical (unpaired) electrons. The number of aliphatic hydroxyl groups is 1. The molecule has 0 aromatic carbocycles. The summed E-state index contributed by atoms with van der Waals surface area (Å²) in [7, 11) is 0.444. The van der Waals surface area contributed by atoms with Crippen molar-refractivity contribution in [2.45, 2.75) is 139 Å². The van der Waals surface area contributed by atoms with Crippen LogP contribution in [0.25, 0.3) is 0 Å². The number of hydrogen-bond donors (Lipinski definition) is 4. The molecule has 1 aliphatic rings. The number of esters is 1. The first-order valence-corrected chi connectivity index (χ1v) is 16.6. The van der Waals surface area contributed by atoms with Gasteiger partial charge >= 0.3 is 25.6 Å². The highest BCUT2D eigenvalue weighted by Gasteiger charge is 2.30. The number of aliphatic hydroxyl groups excluding tert-OH is 1. The normalized spacial score (nSPS) is 12.7. The third-order valence-electron chi connectivity index (χ3n) is 5.21. The number of aliphatic carboxylic acids is 1. The second-order valence-electron chi connectivity index (χ2n) is 14.1. The maximum absolute atomic E-state index is 12.0. The molecule has 0 aliphatic carbocycles. The van der Waals surface area contributed by atoms with E-state index in [9.17, 15) is 32.1 Å². The monoisotopic (exact) mass is 750 g/mol. The Kier molecular flexibility index (Phi) is 38.6. The van der Waals surface area contributed by atoms with Gasteiger partial charge in [0.2, 0.25) is 0 Å². The fraction of sp³-hybridized carbons (Fsp3) is 0.824. The number of alkyl carbamates (subject to hydrolysis) is 1. The summed E-state index contributed by atoms with van der Waals surface area (Å²) in [5.41, 5.74) is -1.25. The van der Waals surface area contributed by atoms with Crippen molar-refractivity contribution in [1.29, 1.82) is 0 Å². The minimum atomic E-state index is -3.67. The molecule has 17 heteroatoms. The van der Waals surface area contributed by atoms with E-state index >= 15 is 0 Å². The van der Waals surface area contributed by atoms with Crippen LogP contribution in [0.3, 0.4) is 0 Å². The number of nitrogens with one attached hydrogen (secondary N) is 2.